The summed E-state index contributed by atoms with van der Waals surface area (Å²) in [4.78, 5) is 12.6. The summed E-state index contributed by atoms with van der Waals surface area (Å²) >= 11 is 0. The number of hydrogen-bond donors (Lipinski definition) is 4. The maximum Gasteiger partial charge on any atom is 0.416 e. The van der Waals surface area contributed by atoms with Crippen LogP contribution in [0, 0.1) is 17.8 Å². The van der Waals surface area contributed by atoms with Crippen LogP contribution in [-0.4, -0.2) is 52.5 Å². The molecule has 1 amide bonds. The van der Waals surface area contributed by atoms with Gasteiger partial charge < -0.3 is 21.1 Å². The van der Waals surface area contributed by atoms with E-state index in [9.17, 15) is 23.1 Å². The van der Waals surface area contributed by atoms with Gasteiger partial charge in [-0.2, -0.15) is 18.3 Å². The lowest BCUT2D eigenvalue weighted by Crippen LogP contribution is -2.68. The van der Waals surface area contributed by atoms with E-state index in [2.05, 4.69) is 26.1 Å². The Morgan fingerprint density at radius 1 is 1.24 bits per heavy atom. The molecule has 34 heavy (non-hydrogen) atoms. The molecule has 1 aliphatic heterocycles. The summed E-state index contributed by atoms with van der Waals surface area (Å²) in [6.45, 7) is 4.67. The van der Waals surface area contributed by atoms with Crippen molar-refractivity contribution in [1.29, 1.82) is 0 Å². The van der Waals surface area contributed by atoms with Crippen molar-refractivity contribution in [3.05, 3.63) is 30.0 Å². The van der Waals surface area contributed by atoms with E-state index in [1.165, 1.54) is 12.3 Å². The van der Waals surface area contributed by atoms with Crippen LogP contribution in [0.2, 0.25) is 0 Å². The van der Waals surface area contributed by atoms with Gasteiger partial charge in [-0.1, -0.05) is 19.9 Å². The van der Waals surface area contributed by atoms with Crippen LogP contribution >= 0.6 is 0 Å². The van der Waals surface area contributed by atoms with Gasteiger partial charge in [0.15, 0.2) is 5.82 Å². The Balaban J connectivity index is 1.31. The van der Waals surface area contributed by atoms with Gasteiger partial charge in [0.1, 0.15) is 0 Å². The molecule has 0 bridgehead atoms. The van der Waals surface area contributed by atoms with Crippen LogP contribution in [0.5, 0.6) is 0 Å². The molecule has 2 aliphatic rings. The van der Waals surface area contributed by atoms with Crippen molar-refractivity contribution in [2.75, 3.05) is 18.4 Å². The van der Waals surface area contributed by atoms with Gasteiger partial charge in [-0.05, 0) is 55.6 Å². The van der Waals surface area contributed by atoms with Crippen LogP contribution in [-0.2, 0) is 11.0 Å². The van der Waals surface area contributed by atoms with Gasteiger partial charge in [-0.3, -0.25) is 4.79 Å². The number of hydrogen-bond acceptors (Lipinski definition) is 6. The molecule has 1 saturated heterocycles. The molecule has 1 saturated carbocycles. The fourth-order valence-electron chi connectivity index (χ4n) is 5.20. The Kier molecular flexibility index (Phi) is 7.28. The first kappa shape index (κ1) is 24.7. The lowest BCUT2D eigenvalue weighted by atomic mass is 9.71. The molecule has 1 aromatic heterocycles. The quantitative estimate of drug-likeness (QED) is 0.486. The van der Waals surface area contributed by atoms with Gasteiger partial charge in [0.2, 0.25) is 5.91 Å². The summed E-state index contributed by atoms with van der Waals surface area (Å²) in [7, 11) is 0. The lowest BCUT2D eigenvalue weighted by Gasteiger charge is -2.46. The van der Waals surface area contributed by atoms with Crippen molar-refractivity contribution in [3.63, 3.8) is 0 Å². The number of rotatable bonds is 7. The minimum absolute atomic E-state index is 0.0151. The Morgan fingerprint density at radius 3 is 2.59 bits per heavy atom. The number of alkyl halides is 3. The van der Waals surface area contributed by atoms with E-state index in [0.717, 1.165) is 37.8 Å². The van der Waals surface area contributed by atoms with E-state index in [0.29, 0.717) is 23.8 Å². The predicted octanol–water partition coefficient (Wildman–Crippen LogP) is 3.34. The smallest absolute Gasteiger partial charge is 0.393 e. The molecule has 2 unspecified atom stereocenters. The number of amides is 1. The van der Waals surface area contributed by atoms with Crippen LogP contribution < -0.4 is 16.0 Å². The van der Waals surface area contributed by atoms with Crippen molar-refractivity contribution >= 4 is 22.5 Å². The van der Waals surface area contributed by atoms with Crippen molar-refractivity contribution < 1.29 is 23.1 Å². The summed E-state index contributed by atoms with van der Waals surface area (Å²) < 4.78 is 39.3. The largest absolute Gasteiger partial charge is 0.416 e. The molecule has 4 N–H and O–H groups in total. The van der Waals surface area contributed by atoms with Crippen LogP contribution in [0.1, 0.15) is 45.1 Å². The number of benzene rings is 1. The van der Waals surface area contributed by atoms with Gasteiger partial charge in [0.25, 0.3) is 0 Å². The van der Waals surface area contributed by atoms with E-state index >= 15 is 0 Å². The second kappa shape index (κ2) is 10.0. The standard InChI is InChI=1S/C24H32F3N5O2/c1-13(2)22(34)15-5-3-14(4-6-15)21-19(11-28-21)31-20(33)12-29-23-18-9-17(24(25,26)27)8-7-16(18)10-30-32-23/h7-10,13-15,19,21-22,28,34H,3-6,11-12H2,1-2H3,(H,29,32)(H,31,33)/t14?,15?,19?,21?,22-/m0/s1. The monoisotopic (exact) mass is 479 g/mol. The number of aromatic nitrogens is 2. The summed E-state index contributed by atoms with van der Waals surface area (Å²) in [6, 6.07) is 3.58. The fourth-order valence-corrected chi connectivity index (χ4v) is 5.20. The molecule has 4 rings (SSSR count). The Labute approximate surface area is 196 Å². The number of aliphatic hydroxyl groups excluding tert-OH is 1. The normalized spacial score (nSPS) is 26.2. The van der Waals surface area contributed by atoms with Gasteiger partial charge in [0.05, 0.1) is 30.5 Å². The maximum absolute atomic E-state index is 13.1. The van der Waals surface area contributed by atoms with Crippen molar-refractivity contribution in [1.82, 2.24) is 20.8 Å². The zero-order valence-corrected chi connectivity index (χ0v) is 19.4. The van der Waals surface area contributed by atoms with Gasteiger partial charge in [-0.25, -0.2) is 0 Å². The predicted molar refractivity (Wildman–Crippen MR) is 123 cm³/mol. The molecular weight excluding hydrogens is 447 g/mol. The molecule has 0 spiro atoms. The van der Waals surface area contributed by atoms with Crippen LogP contribution in [0.3, 0.4) is 0 Å². The van der Waals surface area contributed by atoms with Crippen molar-refractivity contribution in [2.24, 2.45) is 17.8 Å². The minimum Gasteiger partial charge on any atom is -0.393 e. The number of carbonyl (C=O) groups excluding carboxylic acids is 1. The topological polar surface area (TPSA) is 99.2 Å². The number of nitrogens with zero attached hydrogens (tertiary/aromatic N) is 2. The summed E-state index contributed by atoms with van der Waals surface area (Å²) in [6.07, 6.45) is 0.674. The molecule has 2 heterocycles. The number of fused-ring (bicyclic) bond motifs is 1. The Bertz CT molecular complexity index is 1010. The maximum atomic E-state index is 13.1. The molecule has 186 valence electrons. The molecule has 0 radical (unpaired) electrons. The summed E-state index contributed by atoms with van der Waals surface area (Å²) in [5.74, 6) is 0.949. The van der Waals surface area contributed by atoms with Crippen LogP contribution in [0.4, 0.5) is 19.0 Å². The number of aliphatic hydroxyl groups is 1. The third-order valence-electron chi connectivity index (χ3n) is 7.25. The highest BCUT2D eigenvalue weighted by molar-refractivity contribution is 5.93. The molecule has 2 aromatic rings. The third kappa shape index (κ3) is 5.43. The second-order valence-electron chi connectivity index (χ2n) is 9.86. The lowest BCUT2D eigenvalue weighted by molar-refractivity contribution is -0.137. The summed E-state index contributed by atoms with van der Waals surface area (Å²) in [5.41, 5.74) is -0.778. The van der Waals surface area contributed by atoms with E-state index < -0.39 is 11.7 Å². The average molecular weight is 480 g/mol. The van der Waals surface area contributed by atoms with Crippen LogP contribution in [0.15, 0.2) is 24.4 Å². The fraction of sp³-hybridized carbons (Fsp3) is 0.625. The molecule has 7 nitrogen and oxygen atoms in total. The van der Waals surface area contributed by atoms with E-state index in [4.69, 9.17) is 0 Å². The molecule has 1 aromatic carbocycles. The van der Waals surface area contributed by atoms with Gasteiger partial charge >= 0.3 is 6.18 Å². The van der Waals surface area contributed by atoms with Gasteiger partial charge in [0, 0.05) is 23.4 Å². The SMILES string of the molecule is CC(C)[C@H](O)C1CCC(C2NCC2NC(=O)CNc2nncc3ccc(C(F)(F)F)cc23)CC1. The molecule has 1 aliphatic carbocycles. The molecule has 3 atom stereocenters. The zero-order chi connectivity index (χ0) is 24.5. The molecular formula is C24H32F3N5O2. The first-order valence-corrected chi connectivity index (χ1v) is 11.9. The zero-order valence-electron chi connectivity index (χ0n) is 19.4. The average Bonchev–Trinajstić information content (AvgIpc) is 2.79. The minimum atomic E-state index is -4.47. The number of carbonyl (C=O) groups is 1. The third-order valence-corrected chi connectivity index (χ3v) is 7.25. The first-order valence-electron chi connectivity index (χ1n) is 11.9. The van der Waals surface area contributed by atoms with E-state index in [1.807, 2.05) is 13.8 Å². The van der Waals surface area contributed by atoms with Crippen molar-refractivity contribution in [2.45, 2.75) is 63.9 Å². The highest BCUT2D eigenvalue weighted by atomic mass is 19.4. The number of nitrogens with one attached hydrogen (secondary N) is 3. The van der Waals surface area contributed by atoms with Crippen molar-refractivity contribution in [3.8, 4) is 0 Å². The highest BCUT2D eigenvalue weighted by Gasteiger charge is 2.40. The van der Waals surface area contributed by atoms with E-state index in [1.54, 1.807) is 0 Å². The second-order valence-corrected chi connectivity index (χ2v) is 9.86. The van der Waals surface area contributed by atoms with Crippen LogP contribution in [0.25, 0.3) is 10.8 Å². The Hall–Kier alpha value is -2.46. The highest BCUT2D eigenvalue weighted by Crippen LogP contribution is 2.36. The molecule has 2 fully saturated rings. The van der Waals surface area contributed by atoms with Gasteiger partial charge in [-0.15, -0.1) is 5.10 Å². The number of anilines is 1. The van der Waals surface area contributed by atoms with E-state index in [-0.39, 0.29) is 47.8 Å². The first-order chi connectivity index (χ1) is 16.1. The summed E-state index contributed by atoms with van der Waals surface area (Å²) in [5, 5.41) is 28.1. The number of halogens is 3. The molecule has 10 heteroatoms. The Morgan fingerprint density at radius 2 is 1.97 bits per heavy atom.